The molecule has 2 heterocycles. The number of benzene rings is 2. The highest BCUT2D eigenvalue weighted by Crippen LogP contribution is 2.38. The minimum absolute atomic E-state index is 0.0688. The SMILES string of the molecule is C[C@H]1CN(C(=O)Nc2ccc(-c3ncn(C)n3)cc2)[C@@H]1c1ccccc1. The van der Waals surface area contributed by atoms with E-state index in [-0.39, 0.29) is 12.1 Å². The Labute approximate surface area is 152 Å². The molecule has 1 fully saturated rings. The Kier molecular flexibility index (Phi) is 4.16. The van der Waals surface area contributed by atoms with Gasteiger partial charge in [-0.1, -0.05) is 37.3 Å². The van der Waals surface area contributed by atoms with Gasteiger partial charge in [0.15, 0.2) is 5.82 Å². The molecule has 3 aromatic rings. The van der Waals surface area contributed by atoms with Crippen molar-refractivity contribution in [2.75, 3.05) is 11.9 Å². The van der Waals surface area contributed by atoms with Crippen molar-refractivity contribution in [1.82, 2.24) is 19.7 Å². The van der Waals surface area contributed by atoms with Gasteiger partial charge in [0.05, 0.1) is 6.04 Å². The molecule has 4 rings (SSSR count). The van der Waals surface area contributed by atoms with Crippen molar-refractivity contribution in [1.29, 1.82) is 0 Å². The van der Waals surface area contributed by atoms with Crippen LogP contribution in [0, 0.1) is 5.92 Å². The number of rotatable bonds is 3. The molecule has 0 aliphatic carbocycles. The van der Waals surface area contributed by atoms with Crippen LogP contribution in [-0.4, -0.2) is 32.2 Å². The van der Waals surface area contributed by atoms with Crippen molar-refractivity contribution in [3.8, 4) is 11.4 Å². The first-order valence-corrected chi connectivity index (χ1v) is 8.70. The minimum atomic E-state index is -0.0688. The van der Waals surface area contributed by atoms with Crippen LogP contribution in [0.15, 0.2) is 60.9 Å². The fourth-order valence-electron chi connectivity index (χ4n) is 3.43. The van der Waals surface area contributed by atoms with Crippen molar-refractivity contribution < 1.29 is 4.79 Å². The average Bonchev–Trinajstić information content (AvgIpc) is 3.07. The number of aryl methyl sites for hydroxylation is 1. The predicted octanol–water partition coefficient (Wildman–Crippen LogP) is 3.71. The molecule has 1 N–H and O–H groups in total. The van der Waals surface area contributed by atoms with E-state index in [4.69, 9.17) is 0 Å². The molecule has 26 heavy (non-hydrogen) atoms. The number of hydrogen-bond donors (Lipinski definition) is 1. The molecule has 6 nitrogen and oxygen atoms in total. The standard InChI is InChI=1S/C20H21N5O/c1-14-12-25(18(14)15-6-4-3-5-7-15)20(26)22-17-10-8-16(9-11-17)19-21-13-24(2)23-19/h3-11,13-14,18H,12H2,1-2H3,(H,22,26)/t14-,18-/m0/s1. The Morgan fingerprint density at radius 3 is 2.46 bits per heavy atom. The summed E-state index contributed by atoms with van der Waals surface area (Å²) in [5.74, 6) is 1.13. The van der Waals surface area contributed by atoms with Crippen LogP contribution in [-0.2, 0) is 7.05 Å². The number of carbonyl (C=O) groups excluding carboxylic acids is 1. The van der Waals surface area contributed by atoms with E-state index in [2.05, 4.69) is 34.5 Å². The molecule has 1 aromatic heterocycles. The monoisotopic (exact) mass is 347 g/mol. The van der Waals surface area contributed by atoms with Crippen LogP contribution < -0.4 is 5.32 Å². The number of amides is 2. The lowest BCUT2D eigenvalue weighted by Crippen LogP contribution is -2.53. The lowest BCUT2D eigenvalue weighted by Gasteiger charge is -2.46. The maximum absolute atomic E-state index is 12.7. The number of aromatic nitrogens is 3. The second-order valence-corrected chi connectivity index (χ2v) is 6.73. The fraction of sp³-hybridized carbons (Fsp3) is 0.250. The molecule has 0 saturated carbocycles. The Balaban J connectivity index is 1.45. The molecular formula is C20H21N5O. The number of nitrogens with one attached hydrogen (secondary N) is 1. The summed E-state index contributed by atoms with van der Waals surface area (Å²) in [6.45, 7) is 2.94. The van der Waals surface area contributed by atoms with Crippen LogP contribution in [0.25, 0.3) is 11.4 Å². The second kappa shape index (κ2) is 6.63. The topological polar surface area (TPSA) is 63.1 Å². The summed E-state index contributed by atoms with van der Waals surface area (Å²) in [5, 5.41) is 7.27. The van der Waals surface area contributed by atoms with E-state index in [1.807, 2.05) is 54.4 Å². The zero-order valence-electron chi connectivity index (χ0n) is 14.8. The van der Waals surface area contributed by atoms with Gasteiger partial charge < -0.3 is 10.2 Å². The largest absolute Gasteiger partial charge is 0.322 e. The van der Waals surface area contributed by atoms with Gasteiger partial charge in [0.1, 0.15) is 6.33 Å². The number of hydrogen-bond acceptors (Lipinski definition) is 3. The predicted molar refractivity (Wildman–Crippen MR) is 101 cm³/mol. The number of carbonyl (C=O) groups is 1. The first-order valence-electron chi connectivity index (χ1n) is 8.70. The van der Waals surface area contributed by atoms with Crippen LogP contribution in [0.3, 0.4) is 0 Å². The summed E-state index contributed by atoms with van der Waals surface area (Å²) >= 11 is 0. The molecule has 6 heteroatoms. The van der Waals surface area contributed by atoms with Crippen molar-refractivity contribution >= 4 is 11.7 Å². The molecule has 1 aliphatic heterocycles. The van der Waals surface area contributed by atoms with E-state index in [1.165, 1.54) is 5.56 Å². The first kappa shape index (κ1) is 16.3. The number of anilines is 1. The Morgan fingerprint density at radius 1 is 1.12 bits per heavy atom. The van der Waals surface area contributed by atoms with Gasteiger partial charge in [-0.25, -0.2) is 9.78 Å². The maximum Gasteiger partial charge on any atom is 0.322 e. The number of likely N-dealkylation sites (tertiary alicyclic amines) is 1. The van der Waals surface area contributed by atoms with E-state index in [0.717, 1.165) is 17.8 Å². The van der Waals surface area contributed by atoms with Gasteiger partial charge in [0.25, 0.3) is 0 Å². The summed E-state index contributed by atoms with van der Waals surface area (Å²) in [6, 6.07) is 17.8. The highest BCUT2D eigenvalue weighted by molar-refractivity contribution is 5.90. The molecule has 0 radical (unpaired) electrons. The Morgan fingerprint density at radius 2 is 1.85 bits per heavy atom. The summed E-state index contributed by atoms with van der Waals surface area (Å²) in [4.78, 5) is 18.8. The lowest BCUT2D eigenvalue weighted by atomic mass is 9.85. The quantitative estimate of drug-likeness (QED) is 0.786. The van der Waals surface area contributed by atoms with Gasteiger partial charge in [-0.3, -0.25) is 4.68 Å². The molecule has 2 amide bonds. The molecule has 1 aliphatic rings. The average molecular weight is 347 g/mol. The van der Waals surface area contributed by atoms with Crippen LogP contribution in [0.1, 0.15) is 18.5 Å². The van der Waals surface area contributed by atoms with Gasteiger partial charge in [-0.2, -0.15) is 5.10 Å². The Bertz CT molecular complexity index is 903. The summed E-state index contributed by atoms with van der Waals surface area (Å²) in [7, 11) is 1.84. The van der Waals surface area contributed by atoms with E-state index < -0.39 is 0 Å². The molecule has 0 bridgehead atoms. The van der Waals surface area contributed by atoms with Gasteiger partial charge in [0, 0.05) is 24.8 Å². The van der Waals surface area contributed by atoms with Crippen molar-refractivity contribution in [2.24, 2.45) is 13.0 Å². The van der Waals surface area contributed by atoms with Gasteiger partial charge in [-0.15, -0.1) is 0 Å². The summed E-state index contributed by atoms with van der Waals surface area (Å²) in [5.41, 5.74) is 2.86. The highest BCUT2D eigenvalue weighted by atomic mass is 16.2. The fourth-order valence-corrected chi connectivity index (χ4v) is 3.43. The number of urea groups is 1. The molecule has 0 spiro atoms. The highest BCUT2D eigenvalue weighted by Gasteiger charge is 2.39. The molecular weight excluding hydrogens is 326 g/mol. The van der Waals surface area contributed by atoms with Gasteiger partial charge in [-0.05, 0) is 35.7 Å². The van der Waals surface area contributed by atoms with E-state index in [9.17, 15) is 4.79 Å². The van der Waals surface area contributed by atoms with E-state index >= 15 is 0 Å². The first-order chi connectivity index (χ1) is 12.6. The van der Waals surface area contributed by atoms with E-state index in [0.29, 0.717) is 11.7 Å². The van der Waals surface area contributed by atoms with Crippen LogP contribution in [0.2, 0.25) is 0 Å². The maximum atomic E-state index is 12.7. The summed E-state index contributed by atoms with van der Waals surface area (Å²) < 4.78 is 1.67. The third kappa shape index (κ3) is 3.06. The zero-order chi connectivity index (χ0) is 18.1. The minimum Gasteiger partial charge on any atom is -0.317 e. The van der Waals surface area contributed by atoms with Gasteiger partial charge in [0.2, 0.25) is 0 Å². The molecule has 1 saturated heterocycles. The second-order valence-electron chi connectivity index (χ2n) is 6.73. The normalized spacial score (nSPS) is 19.1. The van der Waals surface area contributed by atoms with E-state index in [1.54, 1.807) is 11.0 Å². The number of nitrogens with zero attached hydrogens (tertiary/aromatic N) is 4. The van der Waals surface area contributed by atoms with Crippen molar-refractivity contribution in [3.05, 3.63) is 66.5 Å². The van der Waals surface area contributed by atoms with Crippen LogP contribution in [0.4, 0.5) is 10.5 Å². The smallest absolute Gasteiger partial charge is 0.317 e. The third-order valence-corrected chi connectivity index (χ3v) is 4.76. The van der Waals surface area contributed by atoms with Crippen molar-refractivity contribution in [2.45, 2.75) is 13.0 Å². The van der Waals surface area contributed by atoms with Gasteiger partial charge >= 0.3 is 6.03 Å². The third-order valence-electron chi connectivity index (χ3n) is 4.76. The van der Waals surface area contributed by atoms with Crippen LogP contribution >= 0.6 is 0 Å². The molecule has 0 unspecified atom stereocenters. The van der Waals surface area contributed by atoms with Crippen LogP contribution in [0.5, 0.6) is 0 Å². The molecule has 132 valence electrons. The zero-order valence-corrected chi connectivity index (χ0v) is 14.8. The Hall–Kier alpha value is -3.15. The summed E-state index contributed by atoms with van der Waals surface area (Å²) in [6.07, 6.45) is 1.67. The molecule has 2 aromatic carbocycles. The van der Waals surface area contributed by atoms with Crippen molar-refractivity contribution in [3.63, 3.8) is 0 Å². The lowest BCUT2D eigenvalue weighted by molar-refractivity contribution is 0.0671. The molecule has 2 atom stereocenters.